The molecule has 6 saturated carbocycles. The molecule has 0 spiro atoms. The van der Waals surface area contributed by atoms with E-state index in [-0.39, 0.29) is 16.7 Å². The molecule has 0 radical (unpaired) electrons. The summed E-state index contributed by atoms with van der Waals surface area (Å²) in [5.41, 5.74) is 2.75. The Morgan fingerprint density at radius 1 is 1.08 bits per heavy atom. The van der Waals surface area contributed by atoms with Crippen LogP contribution in [0.3, 0.4) is 0 Å². The molecule has 1 aromatic carbocycles. The number of anilines is 1. The summed E-state index contributed by atoms with van der Waals surface area (Å²) < 4.78 is 20.1. The monoisotopic (exact) mass is 512 g/mol. The smallest absolute Gasteiger partial charge is 0.258 e. The Morgan fingerprint density at radius 3 is 2.58 bits per heavy atom. The Kier molecular flexibility index (Phi) is 4.52. The molecular formula is C31H33FN4O2. The second kappa shape index (κ2) is 7.51. The minimum atomic E-state index is -1.11. The maximum atomic E-state index is 14.5. The molecule has 6 aliphatic carbocycles. The number of carbonyl (C=O) groups is 1. The third-order valence-corrected chi connectivity index (χ3v) is 10.4. The van der Waals surface area contributed by atoms with Crippen LogP contribution in [0, 0.1) is 17.8 Å². The number of pyridine rings is 1. The zero-order valence-electron chi connectivity index (χ0n) is 21.9. The van der Waals surface area contributed by atoms with E-state index < -0.39 is 11.1 Å². The highest BCUT2D eigenvalue weighted by molar-refractivity contribution is 6.00. The van der Waals surface area contributed by atoms with Crippen molar-refractivity contribution in [1.82, 2.24) is 15.1 Å². The van der Waals surface area contributed by atoms with Crippen molar-refractivity contribution in [2.45, 2.75) is 88.1 Å². The molecule has 0 atom stereocenters. The Hall–Kier alpha value is -3.09. The molecule has 6 nitrogen and oxygen atoms in total. The Bertz CT molecular complexity index is 1430. The van der Waals surface area contributed by atoms with Crippen molar-refractivity contribution in [2.75, 3.05) is 11.4 Å². The number of aryl methyl sites for hydroxylation is 1. The summed E-state index contributed by atoms with van der Waals surface area (Å²) >= 11 is 0. The standard InChI is InChI=1S/C31H33FN4O2/c1-20-13-23(7-12-33-20)29-10-8-28(15-29,9-11-29)19-36(27(37)30-16-31(32,17-30)18-30)24-4-2-3-22(14-24)26-34-25(35-38-26)21-5-6-21/h2-4,7,12-14,21H,5-6,8-11,15-19H2,1H3. The number of carbonyl (C=O) groups excluding carboxylic acids is 1. The van der Waals surface area contributed by atoms with Crippen LogP contribution in [0.2, 0.25) is 0 Å². The predicted octanol–water partition coefficient (Wildman–Crippen LogP) is 6.44. The topological polar surface area (TPSA) is 72.1 Å². The fourth-order valence-corrected chi connectivity index (χ4v) is 8.27. The van der Waals surface area contributed by atoms with Crippen LogP contribution < -0.4 is 4.90 Å². The molecule has 2 aromatic heterocycles. The molecule has 9 rings (SSSR count). The number of aromatic nitrogens is 3. The molecule has 1 amide bonds. The maximum absolute atomic E-state index is 14.5. The van der Waals surface area contributed by atoms with Crippen LogP contribution in [-0.2, 0) is 10.2 Å². The Labute approximate surface area is 222 Å². The van der Waals surface area contributed by atoms with E-state index in [1.807, 2.05) is 35.4 Å². The summed E-state index contributed by atoms with van der Waals surface area (Å²) in [7, 11) is 0. The maximum Gasteiger partial charge on any atom is 0.258 e. The van der Waals surface area contributed by atoms with Crippen molar-refractivity contribution in [2.24, 2.45) is 10.8 Å². The van der Waals surface area contributed by atoms with E-state index in [1.165, 1.54) is 5.56 Å². The first kappa shape index (κ1) is 22.9. The number of benzene rings is 1. The van der Waals surface area contributed by atoms with E-state index in [2.05, 4.69) is 34.2 Å². The zero-order valence-corrected chi connectivity index (χ0v) is 21.9. The summed E-state index contributed by atoms with van der Waals surface area (Å²) in [5.74, 6) is 1.79. The lowest BCUT2D eigenvalue weighted by atomic mass is 9.42. The van der Waals surface area contributed by atoms with Crippen LogP contribution in [0.15, 0.2) is 47.1 Å². The summed E-state index contributed by atoms with van der Waals surface area (Å²) in [6, 6.07) is 12.4. The van der Waals surface area contributed by atoms with Gasteiger partial charge in [0.2, 0.25) is 5.91 Å². The zero-order chi connectivity index (χ0) is 25.8. The number of hydrogen-bond donors (Lipinski definition) is 0. The van der Waals surface area contributed by atoms with Crippen LogP contribution in [0.5, 0.6) is 0 Å². The first-order valence-electron chi connectivity index (χ1n) is 14.2. The van der Waals surface area contributed by atoms with E-state index in [0.717, 1.165) is 67.7 Å². The van der Waals surface area contributed by atoms with Gasteiger partial charge in [-0.05, 0) is 118 Å². The predicted molar refractivity (Wildman–Crippen MR) is 140 cm³/mol. The quantitative estimate of drug-likeness (QED) is 0.364. The highest BCUT2D eigenvalue weighted by Gasteiger charge is 2.73. The number of amides is 1. The molecule has 2 heterocycles. The van der Waals surface area contributed by atoms with Crippen molar-refractivity contribution in [1.29, 1.82) is 0 Å². The van der Waals surface area contributed by atoms with Crippen LogP contribution >= 0.6 is 0 Å². The van der Waals surface area contributed by atoms with Gasteiger partial charge in [0.25, 0.3) is 5.89 Å². The number of rotatable bonds is 7. The van der Waals surface area contributed by atoms with Crippen LogP contribution in [-0.4, -0.2) is 33.2 Å². The summed E-state index contributed by atoms with van der Waals surface area (Å²) in [6.45, 7) is 2.74. The lowest BCUT2D eigenvalue weighted by molar-refractivity contribution is -0.211. The molecule has 6 aliphatic rings. The molecule has 38 heavy (non-hydrogen) atoms. The number of halogens is 1. The second-order valence-corrected chi connectivity index (χ2v) is 13.3. The first-order valence-corrected chi connectivity index (χ1v) is 14.2. The lowest BCUT2D eigenvalue weighted by Gasteiger charge is -2.65. The van der Waals surface area contributed by atoms with Gasteiger partial charge in [-0.3, -0.25) is 9.78 Å². The third-order valence-electron chi connectivity index (χ3n) is 10.4. The highest BCUT2D eigenvalue weighted by atomic mass is 19.1. The SMILES string of the molecule is Cc1cc(C23CCC(CN(C(=O)C45CC(F)(C4)C5)c4cccc(-c5nc(C6CC6)no5)c4)(CC2)C3)ccn1. The molecule has 7 heteroatoms. The summed E-state index contributed by atoms with van der Waals surface area (Å²) in [6.07, 6.45) is 10.8. The van der Waals surface area contributed by atoms with Gasteiger partial charge in [0.15, 0.2) is 5.82 Å². The molecule has 0 aliphatic heterocycles. The average Bonchev–Trinajstić information content (AvgIpc) is 3.34. The fraction of sp³-hybridized carbons (Fsp3) is 0.548. The van der Waals surface area contributed by atoms with Gasteiger partial charge in [-0.1, -0.05) is 11.2 Å². The van der Waals surface area contributed by atoms with Gasteiger partial charge in [0.05, 0.1) is 5.41 Å². The summed E-state index contributed by atoms with van der Waals surface area (Å²) in [4.78, 5) is 25.2. The van der Waals surface area contributed by atoms with Crippen molar-refractivity contribution in [3.05, 3.63) is 59.7 Å². The van der Waals surface area contributed by atoms with Gasteiger partial charge in [0, 0.05) is 35.6 Å². The molecule has 196 valence electrons. The largest absolute Gasteiger partial charge is 0.334 e. The van der Waals surface area contributed by atoms with Gasteiger partial charge in [-0.15, -0.1) is 0 Å². The van der Waals surface area contributed by atoms with Gasteiger partial charge >= 0.3 is 0 Å². The molecule has 6 fully saturated rings. The van der Waals surface area contributed by atoms with Gasteiger partial charge < -0.3 is 9.42 Å². The Balaban J connectivity index is 1.12. The van der Waals surface area contributed by atoms with E-state index >= 15 is 0 Å². The molecule has 3 aromatic rings. The van der Waals surface area contributed by atoms with Crippen LogP contribution in [0.1, 0.15) is 87.2 Å². The van der Waals surface area contributed by atoms with Crippen molar-refractivity contribution in [3.8, 4) is 11.5 Å². The number of hydrogen-bond acceptors (Lipinski definition) is 5. The van der Waals surface area contributed by atoms with Gasteiger partial charge in [0.1, 0.15) is 5.67 Å². The Morgan fingerprint density at radius 2 is 1.87 bits per heavy atom. The van der Waals surface area contributed by atoms with E-state index in [4.69, 9.17) is 4.52 Å². The lowest BCUT2D eigenvalue weighted by Crippen LogP contribution is -2.70. The van der Waals surface area contributed by atoms with Crippen molar-refractivity contribution in [3.63, 3.8) is 0 Å². The summed E-state index contributed by atoms with van der Waals surface area (Å²) in [5, 5.41) is 4.18. The second-order valence-electron chi connectivity index (χ2n) is 13.3. The average molecular weight is 513 g/mol. The third kappa shape index (κ3) is 3.36. The van der Waals surface area contributed by atoms with Crippen LogP contribution in [0.4, 0.5) is 10.1 Å². The first-order chi connectivity index (χ1) is 18.3. The minimum absolute atomic E-state index is 0.0728. The highest BCUT2D eigenvalue weighted by Crippen LogP contribution is 2.70. The normalized spacial score (nSPS) is 34.6. The molecular weight excluding hydrogens is 479 g/mol. The van der Waals surface area contributed by atoms with E-state index in [0.29, 0.717) is 37.6 Å². The van der Waals surface area contributed by atoms with Crippen molar-refractivity contribution >= 4 is 11.6 Å². The minimum Gasteiger partial charge on any atom is -0.334 e. The molecule has 0 unspecified atom stereocenters. The van der Waals surface area contributed by atoms with Crippen LogP contribution in [0.25, 0.3) is 11.5 Å². The van der Waals surface area contributed by atoms with Gasteiger partial charge in [-0.25, -0.2) is 4.39 Å². The molecule has 4 bridgehead atoms. The molecule has 0 saturated heterocycles. The van der Waals surface area contributed by atoms with Crippen molar-refractivity contribution < 1.29 is 13.7 Å². The number of alkyl halides is 1. The molecule has 0 N–H and O–H groups in total. The van der Waals surface area contributed by atoms with Gasteiger partial charge in [-0.2, -0.15) is 4.98 Å². The number of fused-ring (bicyclic) bond motifs is 2. The van der Waals surface area contributed by atoms with E-state index in [9.17, 15) is 9.18 Å². The fourth-order valence-electron chi connectivity index (χ4n) is 8.27. The number of nitrogens with zero attached hydrogens (tertiary/aromatic N) is 4. The van der Waals surface area contributed by atoms with E-state index in [1.54, 1.807) is 0 Å².